The van der Waals surface area contributed by atoms with Crippen LogP contribution in [0.3, 0.4) is 0 Å². The van der Waals surface area contributed by atoms with Gasteiger partial charge in [-0.25, -0.2) is 13.1 Å². The molecule has 6 heteroatoms. The zero-order chi connectivity index (χ0) is 17.2. The van der Waals surface area contributed by atoms with Crippen molar-refractivity contribution in [1.29, 1.82) is 0 Å². The van der Waals surface area contributed by atoms with E-state index in [9.17, 15) is 13.5 Å². The fourth-order valence-electron chi connectivity index (χ4n) is 2.95. The lowest BCUT2D eigenvalue weighted by Crippen LogP contribution is -2.28. The van der Waals surface area contributed by atoms with Gasteiger partial charge >= 0.3 is 0 Å². The van der Waals surface area contributed by atoms with E-state index in [4.69, 9.17) is 4.74 Å². The third-order valence-electron chi connectivity index (χ3n) is 4.33. The summed E-state index contributed by atoms with van der Waals surface area (Å²) in [6.45, 7) is -0.0907. The van der Waals surface area contributed by atoms with E-state index < -0.39 is 16.1 Å². The predicted molar refractivity (Wildman–Crippen MR) is 91.6 cm³/mol. The van der Waals surface area contributed by atoms with Crippen LogP contribution in [0.2, 0.25) is 0 Å². The Kier molecular flexibility index (Phi) is 4.89. The molecule has 1 unspecified atom stereocenters. The molecule has 0 spiro atoms. The number of hydrogen-bond acceptors (Lipinski definition) is 4. The quantitative estimate of drug-likeness (QED) is 0.840. The number of aryl methyl sites for hydroxylation is 2. The van der Waals surface area contributed by atoms with Crippen LogP contribution in [0.1, 0.15) is 29.2 Å². The Bertz CT molecular complexity index is 833. The molecule has 1 aliphatic carbocycles. The van der Waals surface area contributed by atoms with Gasteiger partial charge in [0.15, 0.2) is 0 Å². The maximum Gasteiger partial charge on any atom is 0.240 e. The topological polar surface area (TPSA) is 75.6 Å². The first-order chi connectivity index (χ1) is 11.5. The second kappa shape index (κ2) is 6.93. The largest absolute Gasteiger partial charge is 0.497 e. The molecule has 0 saturated carbocycles. The smallest absolute Gasteiger partial charge is 0.240 e. The Hall–Kier alpha value is -1.89. The molecule has 0 saturated heterocycles. The number of rotatable bonds is 6. The third-order valence-corrected chi connectivity index (χ3v) is 5.75. The monoisotopic (exact) mass is 347 g/mol. The number of sulfonamides is 1. The summed E-state index contributed by atoms with van der Waals surface area (Å²) >= 11 is 0. The lowest BCUT2D eigenvalue weighted by Gasteiger charge is -2.14. The summed E-state index contributed by atoms with van der Waals surface area (Å²) in [7, 11) is -2.10. The Morgan fingerprint density at radius 2 is 1.96 bits per heavy atom. The Morgan fingerprint density at radius 1 is 1.17 bits per heavy atom. The normalized spacial score (nSPS) is 15.1. The minimum Gasteiger partial charge on any atom is -0.497 e. The van der Waals surface area contributed by atoms with Crippen LogP contribution in [0.4, 0.5) is 0 Å². The number of aliphatic hydroxyl groups excluding tert-OH is 1. The van der Waals surface area contributed by atoms with Crippen LogP contribution in [-0.2, 0) is 22.9 Å². The van der Waals surface area contributed by atoms with E-state index in [-0.39, 0.29) is 11.4 Å². The molecule has 5 nitrogen and oxygen atoms in total. The highest BCUT2D eigenvalue weighted by atomic mass is 32.2. The second-order valence-electron chi connectivity index (χ2n) is 5.93. The summed E-state index contributed by atoms with van der Waals surface area (Å²) in [5.74, 6) is 0.619. The van der Waals surface area contributed by atoms with Gasteiger partial charge in [0.1, 0.15) is 5.75 Å². The van der Waals surface area contributed by atoms with Crippen LogP contribution in [0, 0.1) is 0 Å². The number of methoxy groups -OCH3 is 1. The molecule has 128 valence electrons. The molecular formula is C18H21NO4S. The SMILES string of the molecule is COc1cccc(C(O)CNS(=O)(=O)c2ccc3c(c2)CCC3)c1. The number of aliphatic hydroxyl groups is 1. The number of fused-ring (bicyclic) bond motifs is 1. The maximum absolute atomic E-state index is 12.4. The molecule has 0 aromatic heterocycles. The highest BCUT2D eigenvalue weighted by Gasteiger charge is 2.20. The van der Waals surface area contributed by atoms with E-state index in [0.717, 1.165) is 24.8 Å². The van der Waals surface area contributed by atoms with Crippen LogP contribution in [0.5, 0.6) is 5.75 Å². The molecule has 0 radical (unpaired) electrons. The van der Waals surface area contributed by atoms with E-state index in [0.29, 0.717) is 11.3 Å². The summed E-state index contributed by atoms with van der Waals surface area (Å²) in [5, 5.41) is 10.2. The van der Waals surface area contributed by atoms with Crippen molar-refractivity contribution < 1.29 is 18.3 Å². The van der Waals surface area contributed by atoms with E-state index >= 15 is 0 Å². The maximum atomic E-state index is 12.4. The van der Waals surface area contributed by atoms with E-state index in [1.165, 1.54) is 5.56 Å². The van der Waals surface area contributed by atoms with Crippen molar-refractivity contribution in [1.82, 2.24) is 4.72 Å². The number of benzene rings is 2. The Morgan fingerprint density at radius 3 is 2.75 bits per heavy atom. The summed E-state index contributed by atoms with van der Waals surface area (Å²) < 4.78 is 32.5. The van der Waals surface area contributed by atoms with Gasteiger partial charge in [-0.2, -0.15) is 0 Å². The van der Waals surface area contributed by atoms with E-state index in [1.54, 1.807) is 43.5 Å². The van der Waals surface area contributed by atoms with Gasteiger partial charge in [0.05, 0.1) is 18.1 Å². The van der Waals surface area contributed by atoms with Crippen molar-refractivity contribution >= 4 is 10.0 Å². The minimum atomic E-state index is -3.64. The lowest BCUT2D eigenvalue weighted by molar-refractivity contribution is 0.181. The average Bonchev–Trinajstić information content (AvgIpc) is 3.07. The van der Waals surface area contributed by atoms with Crippen molar-refractivity contribution in [2.24, 2.45) is 0 Å². The summed E-state index contributed by atoms with van der Waals surface area (Å²) in [6.07, 6.45) is 2.06. The van der Waals surface area contributed by atoms with Gasteiger partial charge in [0, 0.05) is 6.54 Å². The van der Waals surface area contributed by atoms with Crippen molar-refractivity contribution in [3.8, 4) is 5.75 Å². The van der Waals surface area contributed by atoms with Crippen LogP contribution in [0.15, 0.2) is 47.4 Å². The zero-order valence-corrected chi connectivity index (χ0v) is 14.3. The molecule has 0 aliphatic heterocycles. The van der Waals surface area contributed by atoms with Gasteiger partial charge in [0.25, 0.3) is 0 Å². The lowest BCUT2D eigenvalue weighted by atomic mass is 10.1. The molecule has 0 heterocycles. The van der Waals surface area contributed by atoms with Gasteiger partial charge in [-0.05, 0) is 60.2 Å². The van der Waals surface area contributed by atoms with Gasteiger partial charge in [-0.1, -0.05) is 18.2 Å². The third kappa shape index (κ3) is 3.61. The van der Waals surface area contributed by atoms with E-state index in [2.05, 4.69) is 4.72 Å². The fourth-order valence-corrected chi connectivity index (χ4v) is 4.04. The second-order valence-corrected chi connectivity index (χ2v) is 7.70. The molecule has 0 fully saturated rings. The van der Waals surface area contributed by atoms with Crippen LogP contribution in [-0.4, -0.2) is 27.2 Å². The van der Waals surface area contributed by atoms with Crippen LogP contribution >= 0.6 is 0 Å². The van der Waals surface area contributed by atoms with Crippen molar-refractivity contribution in [3.63, 3.8) is 0 Å². The van der Waals surface area contributed by atoms with Gasteiger partial charge < -0.3 is 9.84 Å². The Labute approximate surface area is 142 Å². The molecule has 1 aliphatic rings. The summed E-state index contributed by atoms with van der Waals surface area (Å²) in [4.78, 5) is 0.251. The Balaban J connectivity index is 1.70. The average molecular weight is 347 g/mol. The van der Waals surface area contributed by atoms with Crippen LogP contribution < -0.4 is 9.46 Å². The summed E-state index contributed by atoms with van der Waals surface area (Å²) in [5.41, 5.74) is 2.93. The van der Waals surface area contributed by atoms with Crippen molar-refractivity contribution in [2.75, 3.05) is 13.7 Å². The minimum absolute atomic E-state index is 0.0907. The standard InChI is InChI=1S/C18H21NO4S/c1-23-16-7-3-6-15(10-16)18(20)12-19-24(21,22)17-9-8-13-4-2-5-14(13)11-17/h3,6-11,18-20H,2,4-5,12H2,1H3. The molecular weight excluding hydrogens is 326 g/mol. The van der Waals surface area contributed by atoms with Crippen molar-refractivity contribution in [2.45, 2.75) is 30.3 Å². The molecule has 1 atom stereocenters. The molecule has 2 N–H and O–H groups in total. The highest BCUT2D eigenvalue weighted by molar-refractivity contribution is 7.89. The predicted octanol–water partition coefficient (Wildman–Crippen LogP) is 2.20. The van der Waals surface area contributed by atoms with Gasteiger partial charge in [-0.15, -0.1) is 0 Å². The highest BCUT2D eigenvalue weighted by Crippen LogP contribution is 2.25. The van der Waals surface area contributed by atoms with Crippen molar-refractivity contribution in [3.05, 3.63) is 59.2 Å². The first-order valence-corrected chi connectivity index (χ1v) is 9.41. The molecule has 2 aromatic rings. The van der Waals surface area contributed by atoms with Gasteiger partial charge in [-0.3, -0.25) is 0 Å². The first-order valence-electron chi connectivity index (χ1n) is 7.93. The number of ether oxygens (including phenoxy) is 1. The zero-order valence-electron chi connectivity index (χ0n) is 13.5. The van der Waals surface area contributed by atoms with Crippen LogP contribution in [0.25, 0.3) is 0 Å². The summed E-state index contributed by atoms with van der Waals surface area (Å²) in [6, 6.07) is 12.2. The molecule has 3 rings (SSSR count). The number of nitrogens with one attached hydrogen (secondary N) is 1. The number of hydrogen-bond donors (Lipinski definition) is 2. The molecule has 0 amide bonds. The molecule has 2 aromatic carbocycles. The molecule has 0 bridgehead atoms. The van der Waals surface area contributed by atoms with E-state index in [1.807, 2.05) is 6.07 Å². The fraction of sp³-hybridized carbons (Fsp3) is 0.333. The molecule has 24 heavy (non-hydrogen) atoms. The first kappa shape index (κ1) is 17.0. The van der Waals surface area contributed by atoms with Gasteiger partial charge in [0.2, 0.25) is 10.0 Å².